The lowest BCUT2D eigenvalue weighted by atomic mass is 10.1. The molecule has 0 bridgehead atoms. The van der Waals surface area contributed by atoms with Gasteiger partial charge in [-0.05, 0) is 24.1 Å². The van der Waals surface area contributed by atoms with E-state index in [2.05, 4.69) is 0 Å². The molecule has 0 radical (unpaired) electrons. The van der Waals surface area contributed by atoms with Gasteiger partial charge >= 0.3 is 5.97 Å². The minimum Gasteiger partial charge on any atom is -0.550 e. The highest BCUT2D eigenvalue weighted by Gasteiger charge is 2.17. The van der Waals surface area contributed by atoms with E-state index in [0.717, 1.165) is 19.3 Å². The van der Waals surface area contributed by atoms with Gasteiger partial charge in [0.05, 0.1) is 0 Å². The van der Waals surface area contributed by atoms with Crippen LogP contribution in [0.4, 0.5) is 0 Å². The summed E-state index contributed by atoms with van der Waals surface area (Å²) in [6.07, 6.45) is 1.75. The Hall–Kier alpha value is -1.55. The van der Waals surface area contributed by atoms with Crippen LogP contribution in [0.3, 0.4) is 0 Å². The predicted octanol–water partition coefficient (Wildman–Crippen LogP) is 2.64. The van der Waals surface area contributed by atoms with Gasteiger partial charge in [0.2, 0.25) is 0 Å². The predicted molar refractivity (Wildman–Crippen MR) is 74.1 cm³/mol. The molecule has 1 rings (SSSR count). The molecular weight excluding hydrogens is 280 g/mol. The highest BCUT2D eigenvalue weighted by Crippen LogP contribution is 2.24. The molecule has 0 aliphatic carbocycles. The molecule has 0 spiro atoms. The van der Waals surface area contributed by atoms with Crippen molar-refractivity contribution in [1.29, 1.82) is 0 Å². The first-order valence-corrected chi connectivity index (χ1v) is 7.05. The number of rotatable bonds is 8. The zero-order valence-electron chi connectivity index (χ0n) is 11.4. The Morgan fingerprint density at radius 3 is 2.70 bits per heavy atom. The van der Waals surface area contributed by atoms with Crippen LogP contribution >= 0.6 is 11.6 Å². The van der Waals surface area contributed by atoms with Crippen molar-refractivity contribution in [2.75, 3.05) is 0 Å². The lowest BCUT2D eigenvalue weighted by Crippen LogP contribution is -2.26. The van der Waals surface area contributed by atoms with E-state index in [-0.39, 0.29) is 12.8 Å². The van der Waals surface area contributed by atoms with E-state index in [1.54, 1.807) is 24.3 Å². The smallest absolute Gasteiger partial charge is 0.306 e. The Balaban J connectivity index is 2.69. The molecule has 0 aliphatic rings. The van der Waals surface area contributed by atoms with Gasteiger partial charge in [0, 0.05) is 23.8 Å². The number of esters is 1. The van der Waals surface area contributed by atoms with Gasteiger partial charge in [-0.15, -0.1) is 0 Å². The molecule has 0 heterocycles. The zero-order chi connectivity index (χ0) is 15.0. The molecule has 5 heteroatoms. The Bertz CT molecular complexity index is 459. The van der Waals surface area contributed by atoms with Crippen molar-refractivity contribution in [1.82, 2.24) is 0 Å². The van der Waals surface area contributed by atoms with E-state index in [9.17, 15) is 14.7 Å². The number of hydrogen-bond donors (Lipinski definition) is 0. The quantitative estimate of drug-likeness (QED) is 0.546. The second-order valence-corrected chi connectivity index (χ2v) is 5.00. The van der Waals surface area contributed by atoms with Crippen molar-refractivity contribution in [3.63, 3.8) is 0 Å². The Morgan fingerprint density at radius 1 is 1.35 bits per heavy atom. The van der Waals surface area contributed by atoms with Gasteiger partial charge in [0.25, 0.3) is 0 Å². The van der Waals surface area contributed by atoms with Gasteiger partial charge in [0.1, 0.15) is 6.10 Å². The summed E-state index contributed by atoms with van der Waals surface area (Å²) >= 11 is 5.86. The zero-order valence-corrected chi connectivity index (χ0v) is 12.2. The summed E-state index contributed by atoms with van der Waals surface area (Å²) in [6, 6.07) is 6.63. The van der Waals surface area contributed by atoms with Crippen molar-refractivity contribution in [3.8, 4) is 0 Å². The lowest BCUT2D eigenvalue weighted by Gasteiger charge is -2.19. The molecule has 1 unspecified atom stereocenters. The molecule has 0 aromatic heterocycles. The summed E-state index contributed by atoms with van der Waals surface area (Å²) in [6.45, 7) is 2.04. The molecule has 0 amide bonds. The normalized spacial score (nSPS) is 11.9. The van der Waals surface area contributed by atoms with Gasteiger partial charge in [-0.1, -0.05) is 43.5 Å². The number of carbonyl (C=O) groups excluding carboxylic acids is 2. The Labute approximate surface area is 123 Å². The van der Waals surface area contributed by atoms with Crippen LogP contribution in [0.25, 0.3) is 0 Å². The molecule has 20 heavy (non-hydrogen) atoms. The number of benzene rings is 1. The molecule has 0 N–H and O–H groups in total. The van der Waals surface area contributed by atoms with Gasteiger partial charge < -0.3 is 14.6 Å². The molecule has 1 aromatic rings. The summed E-state index contributed by atoms with van der Waals surface area (Å²) < 4.78 is 5.23. The van der Waals surface area contributed by atoms with Crippen LogP contribution < -0.4 is 5.11 Å². The van der Waals surface area contributed by atoms with Crippen LogP contribution in [0.15, 0.2) is 24.3 Å². The minimum atomic E-state index is -1.27. The molecule has 0 aliphatic heterocycles. The highest BCUT2D eigenvalue weighted by molar-refractivity contribution is 6.30. The number of hydrogen-bond acceptors (Lipinski definition) is 4. The number of aliphatic carboxylic acids is 1. The first-order valence-electron chi connectivity index (χ1n) is 6.67. The Kier molecular flexibility index (Phi) is 7.09. The summed E-state index contributed by atoms with van der Waals surface area (Å²) in [5.74, 6) is -1.67. The SMILES string of the molecule is CCCCCC(=O)OC(CC(=O)[O-])c1cccc(Cl)c1. The maximum atomic E-state index is 11.7. The Morgan fingerprint density at radius 2 is 2.10 bits per heavy atom. The van der Waals surface area contributed by atoms with Gasteiger partial charge in [-0.3, -0.25) is 4.79 Å². The number of carboxylic acids is 1. The van der Waals surface area contributed by atoms with Crippen molar-refractivity contribution in [3.05, 3.63) is 34.9 Å². The fraction of sp³-hybridized carbons (Fsp3) is 0.467. The first kappa shape index (κ1) is 16.5. The van der Waals surface area contributed by atoms with E-state index in [1.165, 1.54) is 0 Å². The number of halogens is 1. The summed E-state index contributed by atoms with van der Waals surface area (Å²) in [7, 11) is 0. The fourth-order valence-electron chi connectivity index (χ4n) is 1.82. The molecule has 1 atom stereocenters. The lowest BCUT2D eigenvalue weighted by molar-refractivity contribution is -0.307. The van der Waals surface area contributed by atoms with Crippen molar-refractivity contribution in [2.24, 2.45) is 0 Å². The molecule has 4 nitrogen and oxygen atoms in total. The standard InChI is InChI=1S/C15H19ClO4/c1-2-3-4-8-15(19)20-13(10-14(17)18)11-6-5-7-12(16)9-11/h5-7,9,13H,2-4,8,10H2,1H3,(H,17,18)/p-1. The number of unbranched alkanes of at least 4 members (excludes halogenated alkanes) is 2. The van der Waals surface area contributed by atoms with Gasteiger partial charge in [-0.2, -0.15) is 0 Å². The average Bonchev–Trinajstić information content (AvgIpc) is 2.38. The van der Waals surface area contributed by atoms with E-state index in [0.29, 0.717) is 10.6 Å². The largest absolute Gasteiger partial charge is 0.550 e. The monoisotopic (exact) mass is 297 g/mol. The van der Waals surface area contributed by atoms with Crippen LogP contribution in [0.2, 0.25) is 5.02 Å². The molecule has 0 fully saturated rings. The average molecular weight is 298 g/mol. The molecule has 1 aromatic carbocycles. The number of carbonyl (C=O) groups is 2. The molecule has 110 valence electrons. The second-order valence-electron chi connectivity index (χ2n) is 4.57. The van der Waals surface area contributed by atoms with E-state index in [4.69, 9.17) is 16.3 Å². The minimum absolute atomic E-state index is 0.290. The summed E-state index contributed by atoms with van der Waals surface area (Å²) in [4.78, 5) is 22.5. The fourth-order valence-corrected chi connectivity index (χ4v) is 2.02. The second kappa shape index (κ2) is 8.59. The topological polar surface area (TPSA) is 66.4 Å². The molecule has 0 saturated carbocycles. The van der Waals surface area contributed by atoms with Crippen molar-refractivity contribution >= 4 is 23.5 Å². The van der Waals surface area contributed by atoms with Crippen LogP contribution in [0.1, 0.15) is 50.7 Å². The van der Waals surface area contributed by atoms with E-state index < -0.39 is 18.0 Å². The first-order chi connectivity index (χ1) is 9.52. The third-order valence-corrected chi connectivity index (χ3v) is 3.07. The van der Waals surface area contributed by atoms with Gasteiger partial charge in [0.15, 0.2) is 0 Å². The van der Waals surface area contributed by atoms with Crippen LogP contribution in [-0.4, -0.2) is 11.9 Å². The van der Waals surface area contributed by atoms with Crippen LogP contribution in [0.5, 0.6) is 0 Å². The summed E-state index contributed by atoms with van der Waals surface area (Å²) in [5.41, 5.74) is 0.561. The third-order valence-electron chi connectivity index (χ3n) is 2.83. The van der Waals surface area contributed by atoms with E-state index >= 15 is 0 Å². The van der Waals surface area contributed by atoms with Crippen LogP contribution in [-0.2, 0) is 14.3 Å². The number of ether oxygens (including phenoxy) is 1. The molecular formula is C15H18ClO4-. The number of carboxylic acid groups (broad SMARTS) is 1. The van der Waals surface area contributed by atoms with Crippen molar-refractivity contribution < 1.29 is 19.4 Å². The maximum Gasteiger partial charge on any atom is 0.306 e. The van der Waals surface area contributed by atoms with Gasteiger partial charge in [-0.25, -0.2) is 0 Å². The van der Waals surface area contributed by atoms with Crippen LogP contribution in [0, 0.1) is 0 Å². The highest BCUT2D eigenvalue weighted by atomic mass is 35.5. The van der Waals surface area contributed by atoms with E-state index in [1.807, 2.05) is 6.92 Å². The summed E-state index contributed by atoms with van der Waals surface area (Å²) in [5, 5.41) is 11.2. The third kappa shape index (κ3) is 6.06. The van der Waals surface area contributed by atoms with Crippen molar-refractivity contribution in [2.45, 2.75) is 45.1 Å². The molecule has 0 saturated heterocycles. The maximum absolute atomic E-state index is 11.7.